The van der Waals surface area contributed by atoms with Crippen LogP contribution in [0.4, 0.5) is 0 Å². The summed E-state index contributed by atoms with van der Waals surface area (Å²) in [5.74, 6) is -0.398. The summed E-state index contributed by atoms with van der Waals surface area (Å²) in [6, 6.07) is 7.75. The van der Waals surface area contributed by atoms with Gasteiger partial charge in [-0.05, 0) is 31.5 Å². The van der Waals surface area contributed by atoms with Gasteiger partial charge in [0.15, 0.2) is 0 Å². The Bertz CT molecular complexity index is 589. The monoisotopic (exact) mass is 272 g/mol. The van der Waals surface area contributed by atoms with Crippen LogP contribution in [-0.2, 0) is 13.1 Å². The fourth-order valence-corrected chi connectivity index (χ4v) is 2.10. The number of hydrogen-bond donors (Lipinski definition) is 2. The second-order valence-corrected chi connectivity index (χ2v) is 5.05. The summed E-state index contributed by atoms with van der Waals surface area (Å²) in [6.45, 7) is 5.67. The van der Waals surface area contributed by atoms with Gasteiger partial charge in [0.1, 0.15) is 0 Å². The topological polar surface area (TPSA) is 72.9 Å². The van der Waals surface area contributed by atoms with E-state index in [0.717, 1.165) is 17.8 Å². The number of benzene rings is 1. The molecule has 1 aromatic heterocycles. The van der Waals surface area contributed by atoms with Crippen LogP contribution in [0, 0.1) is 0 Å². The molecule has 3 N–H and O–H groups in total. The maximum atomic E-state index is 11.1. The molecule has 0 saturated heterocycles. The fourth-order valence-electron chi connectivity index (χ4n) is 2.10. The van der Waals surface area contributed by atoms with E-state index < -0.39 is 5.91 Å². The van der Waals surface area contributed by atoms with Gasteiger partial charge in [-0.3, -0.25) is 4.79 Å². The first-order chi connectivity index (χ1) is 9.58. The minimum Gasteiger partial charge on any atom is -0.366 e. The van der Waals surface area contributed by atoms with Crippen LogP contribution in [0.1, 0.15) is 41.5 Å². The standard InChI is InChI=1S/C15H20N4O/c1-11(2)19-10-18-9-14(19)8-17-7-12-4-3-5-13(6-12)15(16)20/h3-6,9-11,17H,7-8H2,1-2H3,(H2,16,20). The van der Waals surface area contributed by atoms with Crippen molar-refractivity contribution in [2.45, 2.75) is 33.0 Å². The summed E-state index contributed by atoms with van der Waals surface area (Å²) >= 11 is 0. The Morgan fingerprint density at radius 3 is 2.90 bits per heavy atom. The molecule has 0 atom stereocenters. The Hall–Kier alpha value is -2.14. The number of carbonyl (C=O) groups is 1. The maximum absolute atomic E-state index is 11.1. The molecule has 106 valence electrons. The number of rotatable bonds is 6. The van der Waals surface area contributed by atoms with Gasteiger partial charge >= 0.3 is 0 Å². The first-order valence-electron chi connectivity index (χ1n) is 6.68. The van der Waals surface area contributed by atoms with Gasteiger partial charge in [0.2, 0.25) is 5.91 Å². The van der Waals surface area contributed by atoms with Crippen LogP contribution in [0.5, 0.6) is 0 Å². The van der Waals surface area contributed by atoms with Crippen molar-refractivity contribution >= 4 is 5.91 Å². The minimum absolute atomic E-state index is 0.396. The van der Waals surface area contributed by atoms with Crippen molar-refractivity contribution in [3.8, 4) is 0 Å². The molecule has 0 aliphatic rings. The largest absolute Gasteiger partial charge is 0.366 e. The third kappa shape index (κ3) is 3.45. The molecule has 5 heteroatoms. The first kappa shape index (κ1) is 14.3. The van der Waals surface area contributed by atoms with Crippen LogP contribution in [0.15, 0.2) is 36.8 Å². The molecule has 0 spiro atoms. The van der Waals surface area contributed by atoms with Crippen LogP contribution < -0.4 is 11.1 Å². The number of aromatic nitrogens is 2. The van der Waals surface area contributed by atoms with Crippen LogP contribution in [0.25, 0.3) is 0 Å². The van der Waals surface area contributed by atoms with E-state index in [1.54, 1.807) is 6.07 Å². The molecule has 2 rings (SSSR count). The third-order valence-corrected chi connectivity index (χ3v) is 3.15. The second kappa shape index (κ2) is 6.34. The average molecular weight is 272 g/mol. The number of imidazole rings is 1. The van der Waals surface area contributed by atoms with Gasteiger partial charge in [0.05, 0.1) is 12.0 Å². The fraction of sp³-hybridized carbons (Fsp3) is 0.333. The number of primary amides is 1. The summed E-state index contributed by atoms with van der Waals surface area (Å²) in [4.78, 5) is 15.3. The van der Waals surface area contributed by atoms with Crippen molar-refractivity contribution < 1.29 is 4.79 Å². The third-order valence-electron chi connectivity index (χ3n) is 3.15. The summed E-state index contributed by atoms with van der Waals surface area (Å²) in [6.07, 6.45) is 3.71. The number of carbonyl (C=O) groups excluding carboxylic acids is 1. The number of nitrogens with two attached hydrogens (primary N) is 1. The number of hydrogen-bond acceptors (Lipinski definition) is 3. The minimum atomic E-state index is -0.398. The van der Waals surface area contributed by atoms with Gasteiger partial charge in [0, 0.05) is 30.9 Å². The molecule has 5 nitrogen and oxygen atoms in total. The normalized spacial score (nSPS) is 10.9. The highest BCUT2D eigenvalue weighted by atomic mass is 16.1. The van der Waals surface area contributed by atoms with Crippen LogP contribution in [0.2, 0.25) is 0 Å². The average Bonchev–Trinajstić information content (AvgIpc) is 2.87. The molecule has 2 aromatic rings. The molecule has 20 heavy (non-hydrogen) atoms. The smallest absolute Gasteiger partial charge is 0.248 e. The van der Waals surface area contributed by atoms with Crippen molar-refractivity contribution in [2.75, 3.05) is 0 Å². The molecule has 0 aliphatic heterocycles. The molecule has 0 saturated carbocycles. The molecule has 1 heterocycles. The predicted octanol–water partition coefficient (Wildman–Crippen LogP) is 1.85. The predicted molar refractivity (Wildman–Crippen MR) is 78.1 cm³/mol. The van der Waals surface area contributed by atoms with Crippen LogP contribution in [-0.4, -0.2) is 15.5 Å². The summed E-state index contributed by atoms with van der Waals surface area (Å²) in [7, 11) is 0. The highest BCUT2D eigenvalue weighted by Crippen LogP contribution is 2.09. The zero-order valence-electron chi connectivity index (χ0n) is 11.8. The van der Waals surface area contributed by atoms with E-state index in [9.17, 15) is 4.79 Å². The van der Waals surface area contributed by atoms with Gasteiger partial charge in [-0.2, -0.15) is 0 Å². The lowest BCUT2D eigenvalue weighted by atomic mass is 10.1. The van der Waals surface area contributed by atoms with E-state index in [4.69, 9.17) is 5.73 Å². The Morgan fingerprint density at radius 1 is 1.40 bits per heavy atom. The van der Waals surface area contributed by atoms with Crippen molar-refractivity contribution in [3.05, 3.63) is 53.6 Å². The van der Waals surface area contributed by atoms with Crippen molar-refractivity contribution in [2.24, 2.45) is 5.73 Å². The Labute approximate surface area is 118 Å². The SMILES string of the molecule is CC(C)n1cncc1CNCc1cccc(C(N)=O)c1. The van der Waals surface area contributed by atoms with E-state index in [-0.39, 0.29) is 0 Å². The Morgan fingerprint density at radius 2 is 2.20 bits per heavy atom. The van der Waals surface area contributed by atoms with Gasteiger partial charge in [0.25, 0.3) is 0 Å². The highest BCUT2D eigenvalue weighted by molar-refractivity contribution is 5.92. The van der Waals surface area contributed by atoms with Crippen molar-refractivity contribution in [3.63, 3.8) is 0 Å². The summed E-state index contributed by atoms with van der Waals surface area (Å²) < 4.78 is 2.13. The molecule has 1 amide bonds. The number of nitrogens with one attached hydrogen (secondary N) is 1. The van der Waals surface area contributed by atoms with Gasteiger partial charge < -0.3 is 15.6 Å². The van der Waals surface area contributed by atoms with E-state index in [1.165, 1.54) is 0 Å². The highest BCUT2D eigenvalue weighted by Gasteiger charge is 2.05. The van der Waals surface area contributed by atoms with Crippen molar-refractivity contribution in [1.82, 2.24) is 14.9 Å². The number of amides is 1. The zero-order valence-corrected chi connectivity index (χ0v) is 11.8. The molecular weight excluding hydrogens is 252 g/mol. The summed E-state index contributed by atoms with van der Waals surface area (Å²) in [5.41, 5.74) is 7.99. The van der Waals surface area contributed by atoms with Gasteiger partial charge in [-0.1, -0.05) is 12.1 Å². The maximum Gasteiger partial charge on any atom is 0.248 e. The van der Waals surface area contributed by atoms with Gasteiger partial charge in [-0.15, -0.1) is 0 Å². The molecule has 0 aliphatic carbocycles. The zero-order chi connectivity index (χ0) is 14.5. The van der Waals surface area contributed by atoms with Crippen LogP contribution >= 0.6 is 0 Å². The lowest BCUT2D eigenvalue weighted by molar-refractivity contribution is 0.1000. The molecule has 0 fully saturated rings. The molecule has 0 bridgehead atoms. The van der Waals surface area contributed by atoms with Gasteiger partial charge in [-0.25, -0.2) is 4.98 Å². The van der Waals surface area contributed by atoms with E-state index in [1.807, 2.05) is 30.7 Å². The molecular formula is C15H20N4O. The van der Waals surface area contributed by atoms with Crippen LogP contribution in [0.3, 0.4) is 0 Å². The lowest BCUT2D eigenvalue weighted by Gasteiger charge is -2.12. The summed E-state index contributed by atoms with van der Waals surface area (Å²) in [5, 5.41) is 3.35. The first-order valence-corrected chi connectivity index (χ1v) is 6.68. The Kier molecular flexibility index (Phi) is 4.53. The Balaban J connectivity index is 1.94. The second-order valence-electron chi connectivity index (χ2n) is 5.05. The molecule has 0 radical (unpaired) electrons. The molecule has 0 unspecified atom stereocenters. The quantitative estimate of drug-likeness (QED) is 0.843. The van der Waals surface area contributed by atoms with E-state index in [2.05, 4.69) is 28.7 Å². The van der Waals surface area contributed by atoms with Crippen molar-refractivity contribution in [1.29, 1.82) is 0 Å². The molecule has 1 aromatic carbocycles. The van der Waals surface area contributed by atoms with E-state index >= 15 is 0 Å². The number of nitrogens with zero attached hydrogens (tertiary/aromatic N) is 2. The van der Waals surface area contributed by atoms with E-state index in [0.29, 0.717) is 18.2 Å². The lowest BCUT2D eigenvalue weighted by Crippen LogP contribution is -2.17.